The minimum absolute atomic E-state index is 0.0226. The highest BCUT2D eigenvalue weighted by Crippen LogP contribution is 2.38. The summed E-state index contributed by atoms with van der Waals surface area (Å²) in [4.78, 5) is 10.8. The average molecular weight is 549 g/mol. The van der Waals surface area contributed by atoms with Gasteiger partial charge >= 0.3 is 6.16 Å². The molecule has 0 radical (unpaired) electrons. The Morgan fingerprint density at radius 2 is 1.80 bits per heavy atom. The minimum atomic E-state index is -0.674. The fraction of sp³-hybridized carbons (Fsp3) is 0.583. The number of aryl methyl sites for hydroxylation is 1. The maximum Gasteiger partial charge on any atom is 0.508 e. The average Bonchev–Trinajstić information content (AvgIpc) is 3.29. The summed E-state index contributed by atoms with van der Waals surface area (Å²) in [5.74, 6) is 6.20. The van der Waals surface area contributed by atoms with E-state index < -0.39 is 6.16 Å². The first-order valence-corrected chi connectivity index (χ1v) is 15.1. The number of unbranched alkanes of at least 4 members (excludes halogenated alkanes) is 3. The van der Waals surface area contributed by atoms with Gasteiger partial charge in [0.05, 0.1) is 19.3 Å². The Bertz CT molecular complexity index is 904. The summed E-state index contributed by atoms with van der Waals surface area (Å²) in [6, 6.07) is 10.8. The monoisotopic (exact) mass is 548 g/mol. The number of terminal acetylenes is 2. The van der Waals surface area contributed by atoms with Gasteiger partial charge in [-0.15, -0.1) is 31.3 Å². The summed E-state index contributed by atoms with van der Waals surface area (Å²) in [5, 5.41) is 10.4. The third-order valence-electron chi connectivity index (χ3n) is 7.37. The van der Waals surface area contributed by atoms with Gasteiger partial charge in [0, 0.05) is 18.8 Å². The van der Waals surface area contributed by atoms with Crippen molar-refractivity contribution in [1.29, 1.82) is 0 Å². The van der Waals surface area contributed by atoms with Crippen LogP contribution in [0.5, 0.6) is 0 Å². The van der Waals surface area contributed by atoms with Crippen LogP contribution in [0.3, 0.4) is 0 Å². The van der Waals surface area contributed by atoms with E-state index in [1.807, 2.05) is 0 Å². The van der Waals surface area contributed by atoms with Crippen molar-refractivity contribution in [1.82, 2.24) is 0 Å². The van der Waals surface area contributed by atoms with Crippen LogP contribution in [0, 0.1) is 42.4 Å². The Kier molecular flexibility index (Phi) is 20.0. The van der Waals surface area contributed by atoms with Crippen molar-refractivity contribution in [2.24, 2.45) is 17.8 Å². The van der Waals surface area contributed by atoms with E-state index in [9.17, 15) is 9.90 Å². The van der Waals surface area contributed by atoms with Crippen molar-refractivity contribution in [2.45, 2.75) is 103 Å². The molecule has 2 rings (SSSR count). The van der Waals surface area contributed by atoms with Crippen molar-refractivity contribution in [3.8, 4) is 24.7 Å². The lowest BCUT2D eigenvalue weighted by Crippen LogP contribution is -2.18. The number of aliphatic hydroxyl groups is 1. The van der Waals surface area contributed by atoms with Crippen LogP contribution in [0.25, 0.3) is 0 Å². The van der Waals surface area contributed by atoms with Crippen LogP contribution in [0.4, 0.5) is 4.79 Å². The lowest BCUT2D eigenvalue weighted by molar-refractivity contribution is 0.0486. The van der Waals surface area contributed by atoms with Crippen molar-refractivity contribution >= 4 is 6.16 Å². The van der Waals surface area contributed by atoms with Gasteiger partial charge in [-0.3, -0.25) is 0 Å². The molecule has 0 saturated heterocycles. The highest BCUT2D eigenvalue weighted by atomic mass is 16.7. The zero-order valence-electron chi connectivity index (χ0n) is 25.0. The molecule has 1 N–H and O–H groups in total. The van der Waals surface area contributed by atoms with Crippen LogP contribution in [-0.2, 0) is 15.9 Å². The SMILES string of the molecule is C#CCC(CC#C)COC(=O)OCC.C=C(C)CCC/C=C\C[C@H]1CCC(O)C1CCCCCc1ccccc1. The Hall–Kier alpha value is -2.95. The Morgan fingerprint density at radius 1 is 1.07 bits per heavy atom. The van der Waals surface area contributed by atoms with Gasteiger partial charge in [0.25, 0.3) is 0 Å². The standard InChI is InChI=1S/C25H38O.C11H14O3/c1-21(2)13-7-3-4-11-17-23-19-20-25(26)24(23)18-12-6-10-16-22-14-8-5-9-15-22;1-4-7-10(8-5-2)9-14-11(12)13-6-3/h4-5,8-9,11,14-15,23-26H,1,3,6-7,10,12-13,16-20H2,2H3;1-2,10H,6-9H2,3H3/b11-4-;/t23-,24?,25?;/m0./s1. The molecule has 40 heavy (non-hydrogen) atoms. The van der Waals surface area contributed by atoms with Gasteiger partial charge < -0.3 is 14.6 Å². The third kappa shape index (κ3) is 16.9. The van der Waals surface area contributed by atoms with Crippen LogP contribution >= 0.6 is 0 Å². The molecule has 0 heterocycles. The first-order chi connectivity index (χ1) is 19.4. The third-order valence-corrected chi connectivity index (χ3v) is 7.37. The Morgan fingerprint density at radius 3 is 2.45 bits per heavy atom. The summed E-state index contributed by atoms with van der Waals surface area (Å²) < 4.78 is 9.38. The zero-order chi connectivity index (χ0) is 29.4. The molecule has 220 valence electrons. The van der Waals surface area contributed by atoms with E-state index in [-0.39, 0.29) is 18.6 Å². The molecule has 3 atom stereocenters. The lowest BCUT2D eigenvalue weighted by atomic mass is 9.87. The molecular weight excluding hydrogens is 496 g/mol. The number of hydrogen-bond acceptors (Lipinski definition) is 4. The highest BCUT2D eigenvalue weighted by Gasteiger charge is 2.33. The van der Waals surface area contributed by atoms with Crippen LogP contribution in [0.15, 0.2) is 54.6 Å². The van der Waals surface area contributed by atoms with Crippen LogP contribution in [-0.4, -0.2) is 30.6 Å². The van der Waals surface area contributed by atoms with Crippen molar-refractivity contribution in [2.75, 3.05) is 13.2 Å². The molecule has 0 aromatic heterocycles. The second-order valence-electron chi connectivity index (χ2n) is 10.9. The Labute approximate surface area is 244 Å². The molecule has 2 unspecified atom stereocenters. The van der Waals surface area contributed by atoms with Gasteiger partial charge in [0.2, 0.25) is 0 Å². The molecule has 0 amide bonds. The maximum atomic E-state index is 10.8. The molecule has 1 aromatic carbocycles. The molecule has 1 saturated carbocycles. The summed E-state index contributed by atoms with van der Waals surface area (Å²) >= 11 is 0. The first-order valence-electron chi connectivity index (χ1n) is 15.1. The van der Waals surface area contributed by atoms with Gasteiger partial charge in [-0.1, -0.05) is 60.9 Å². The van der Waals surface area contributed by atoms with Gasteiger partial charge in [0.1, 0.15) is 0 Å². The molecule has 4 nitrogen and oxygen atoms in total. The fourth-order valence-corrected chi connectivity index (χ4v) is 5.16. The van der Waals surface area contributed by atoms with E-state index in [0.717, 1.165) is 25.7 Å². The smallest absolute Gasteiger partial charge is 0.435 e. The molecule has 0 bridgehead atoms. The minimum Gasteiger partial charge on any atom is -0.435 e. The predicted octanol–water partition coefficient (Wildman–Crippen LogP) is 8.69. The van der Waals surface area contributed by atoms with Crippen LogP contribution in [0.1, 0.15) is 96.5 Å². The number of hydrogen-bond donors (Lipinski definition) is 1. The van der Waals surface area contributed by atoms with E-state index in [0.29, 0.717) is 31.3 Å². The quantitative estimate of drug-likeness (QED) is 0.0915. The number of carbonyl (C=O) groups is 1. The van der Waals surface area contributed by atoms with Gasteiger partial charge in [-0.2, -0.15) is 0 Å². The van der Waals surface area contributed by atoms with Crippen LogP contribution < -0.4 is 0 Å². The van der Waals surface area contributed by atoms with Crippen molar-refractivity contribution < 1.29 is 19.4 Å². The van der Waals surface area contributed by atoms with Crippen LogP contribution in [0.2, 0.25) is 0 Å². The molecule has 1 fully saturated rings. The van der Waals surface area contributed by atoms with E-state index in [2.05, 4.69) is 72.6 Å². The molecule has 4 heteroatoms. The van der Waals surface area contributed by atoms with Gasteiger partial charge in [-0.05, 0) is 89.0 Å². The molecule has 1 aliphatic carbocycles. The molecule has 0 spiro atoms. The topological polar surface area (TPSA) is 55.8 Å². The molecule has 1 aliphatic rings. The summed E-state index contributed by atoms with van der Waals surface area (Å²) in [5.41, 5.74) is 2.73. The number of benzene rings is 1. The van der Waals surface area contributed by atoms with E-state index >= 15 is 0 Å². The largest absolute Gasteiger partial charge is 0.508 e. The van der Waals surface area contributed by atoms with E-state index in [4.69, 9.17) is 17.6 Å². The number of aliphatic hydroxyl groups excluding tert-OH is 1. The molecule has 0 aliphatic heterocycles. The number of carbonyl (C=O) groups excluding carboxylic acids is 1. The van der Waals surface area contributed by atoms with Crippen molar-refractivity contribution in [3.05, 3.63) is 60.2 Å². The summed E-state index contributed by atoms with van der Waals surface area (Å²) in [6.45, 7) is 8.29. The summed E-state index contributed by atoms with van der Waals surface area (Å²) in [6.07, 6.45) is 28.3. The van der Waals surface area contributed by atoms with Gasteiger partial charge in [-0.25, -0.2) is 4.79 Å². The number of allylic oxidation sites excluding steroid dienone is 3. The predicted molar refractivity (Wildman–Crippen MR) is 167 cm³/mol. The second-order valence-corrected chi connectivity index (χ2v) is 10.9. The number of ether oxygens (including phenoxy) is 2. The number of rotatable bonds is 17. The van der Waals surface area contributed by atoms with E-state index in [1.54, 1.807) is 6.92 Å². The maximum absolute atomic E-state index is 10.8. The fourth-order valence-electron chi connectivity index (χ4n) is 5.16. The molecule has 1 aromatic rings. The molecular formula is C36H52O4. The second kappa shape index (κ2) is 22.8. The van der Waals surface area contributed by atoms with E-state index in [1.165, 1.54) is 56.1 Å². The first kappa shape index (κ1) is 35.1. The highest BCUT2D eigenvalue weighted by molar-refractivity contribution is 5.59. The zero-order valence-corrected chi connectivity index (χ0v) is 25.0. The summed E-state index contributed by atoms with van der Waals surface area (Å²) in [7, 11) is 0. The lowest BCUT2D eigenvalue weighted by Gasteiger charge is -2.21. The normalized spacial score (nSPS) is 18.0. The van der Waals surface area contributed by atoms with Crippen molar-refractivity contribution in [3.63, 3.8) is 0 Å². The van der Waals surface area contributed by atoms with Gasteiger partial charge in [0.15, 0.2) is 0 Å². The Balaban J connectivity index is 0.000000486.